The summed E-state index contributed by atoms with van der Waals surface area (Å²) in [6.07, 6.45) is -55.7. The van der Waals surface area contributed by atoms with Crippen LogP contribution in [0.3, 0.4) is 0 Å². The monoisotopic (exact) mass is 1130 g/mol. The number of rotatable bonds is 12. The van der Waals surface area contributed by atoms with Crippen molar-refractivity contribution in [3.8, 4) is 0 Å². The van der Waals surface area contributed by atoms with Crippen molar-refractivity contribution in [2.24, 2.45) is 46.3 Å². The molecule has 1 aliphatic heterocycles. The Morgan fingerprint density at radius 3 is 1.53 bits per heavy atom. The van der Waals surface area contributed by atoms with Crippen molar-refractivity contribution in [1.29, 1.82) is 0 Å². The number of fused-ring (bicyclic) bond motifs is 5. The predicted octanol–water partition coefficient (Wildman–Crippen LogP) is 8.42. The lowest BCUT2D eigenvalue weighted by Gasteiger charge is -2.62. The Morgan fingerprint density at radius 1 is 0.533 bits per heavy atom. The van der Waals surface area contributed by atoms with E-state index in [4.69, 9.17) is 18.9 Å². The van der Waals surface area contributed by atoms with Crippen molar-refractivity contribution in [3.63, 3.8) is 0 Å². The van der Waals surface area contributed by atoms with Crippen LogP contribution in [0.5, 0.6) is 0 Å². The summed E-state index contributed by atoms with van der Waals surface area (Å²) in [6, 6.07) is 0. The first-order valence-corrected chi connectivity index (χ1v) is 22.5. The SMILES string of the molecule is C[C@H](CCC(=O)O[C@@H]1O[C@H](COC(=O)C(F)(F)F)[C@@H](OC(=O)C(F)(F)F)[C@H](OC(=O)C(F)(F)F)[C@H]1OC(=O)C(F)(F)F)[C@H]1CCC2C3CCC4C[C@H](OC(=O)C(F)(F)F)CC[C@]4(C)C3CC(OC(=O)C(F)(F)F)[C@@]21C. The summed E-state index contributed by atoms with van der Waals surface area (Å²) in [5, 5.41) is 0. The highest BCUT2D eigenvalue weighted by Gasteiger charge is 2.67. The van der Waals surface area contributed by atoms with Crippen LogP contribution in [0.2, 0.25) is 0 Å². The van der Waals surface area contributed by atoms with Gasteiger partial charge in [0.1, 0.15) is 24.9 Å². The van der Waals surface area contributed by atoms with E-state index in [9.17, 15) is 113 Å². The van der Waals surface area contributed by atoms with E-state index in [-0.39, 0.29) is 44.4 Å². The number of halogens is 18. The van der Waals surface area contributed by atoms with E-state index in [1.165, 1.54) is 13.8 Å². The molecule has 0 bridgehead atoms. The molecule has 0 aromatic carbocycles. The third-order valence-corrected chi connectivity index (χ3v) is 15.1. The van der Waals surface area contributed by atoms with Gasteiger partial charge in [0, 0.05) is 11.8 Å². The van der Waals surface area contributed by atoms with E-state index >= 15 is 0 Å². The first kappa shape index (κ1) is 60.9. The Morgan fingerprint density at radius 2 is 1.01 bits per heavy atom. The second-order valence-corrected chi connectivity index (χ2v) is 19.4. The second kappa shape index (κ2) is 21.4. The molecule has 5 rings (SSSR count). The van der Waals surface area contributed by atoms with Crippen molar-refractivity contribution in [2.45, 2.75) is 165 Å². The molecular formula is C42H44F18O15. The molecule has 0 N–H and O–H groups in total. The third-order valence-electron chi connectivity index (χ3n) is 15.1. The number of hydrogen-bond donors (Lipinski definition) is 0. The fraction of sp³-hybridized carbons (Fsp3) is 0.833. The molecule has 4 saturated carbocycles. The Balaban J connectivity index is 1.43. The van der Waals surface area contributed by atoms with Gasteiger partial charge in [0.05, 0.1) is 0 Å². The van der Waals surface area contributed by atoms with Crippen LogP contribution in [0.1, 0.15) is 85.0 Å². The molecule has 0 amide bonds. The highest BCUT2D eigenvalue weighted by atomic mass is 19.4. The van der Waals surface area contributed by atoms with Crippen LogP contribution >= 0.6 is 0 Å². The largest absolute Gasteiger partial charge is 0.490 e. The minimum absolute atomic E-state index is 0.0126. The number of ether oxygens (including phenoxy) is 8. The minimum Gasteiger partial charge on any atom is -0.456 e. The summed E-state index contributed by atoms with van der Waals surface area (Å²) < 4.78 is 276. The molecule has 15 atom stereocenters. The Kier molecular flexibility index (Phi) is 17.4. The van der Waals surface area contributed by atoms with Gasteiger partial charge in [-0.2, -0.15) is 79.0 Å². The molecule has 1 saturated heterocycles. The highest BCUT2D eigenvalue weighted by molar-refractivity contribution is 5.79. The Hall–Kier alpha value is -5.01. The van der Waals surface area contributed by atoms with Gasteiger partial charge in [-0.3, -0.25) is 4.79 Å². The standard InChI is InChI=1S/C42H44F18O15/c1-15(19-7-8-20-18-6-5-16-12-17(69-30(63)38(46,47)48)10-11-35(16,2)21(18)13-23(36(19,20)3)71-31(64)39(49,50)51)4-9-24(61)72-28-27(75-34(67)42(58,59)60)26(74-33(66)41(55,56)57)25(73-32(65)40(52,53)54)22(70-28)14-68-29(62)37(43,44)45/h15-23,25-28H,4-14H2,1-3H3/t15-,16?,17-,18?,19-,20?,21?,22-,23?,25-,26+,27-,28+,35+,36-/m1/s1. The lowest BCUT2D eigenvalue weighted by Crippen LogP contribution is -2.64. The maximum atomic E-state index is 13.9. The van der Waals surface area contributed by atoms with E-state index < -0.39 is 182 Å². The molecule has 5 unspecified atom stereocenters. The normalized spacial score (nSPS) is 33.8. The van der Waals surface area contributed by atoms with Gasteiger partial charge in [-0.25, -0.2) is 28.8 Å². The van der Waals surface area contributed by atoms with Gasteiger partial charge in [-0.15, -0.1) is 0 Å². The lowest BCUT2D eigenvalue weighted by molar-refractivity contribution is -0.315. The van der Waals surface area contributed by atoms with E-state index in [1.807, 2.05) is 0 Å². The van der Waals surface area contributed by atoms with E-state index in [1.54, 1.807) is 6.92 Å². The van der Waals surface area contributed by atoms with Gasteiger partial charge in [0.25, 0.3) is 0 Å². The zero-order valence-corrected chi connectivity index (χ0v) is 38.7. The Labute approximate surface area is 410 Å². The maximum Gasteiger partial charge on any atom is 0.490 e. The minimum atomic E-state index is -6.26. The molecule has 1 heterocycles. The van der Waals surface area contributed by atoms with Crippen LogP contribution in [-0.4, -0.2) is 128 Å². The molecule has 4 aliphatic carbocycles. The van der Waals surface area contributed by atoms with Crippen molar-refractivity contribution < 1.29 is 150 Å². The zero-order valence-electron chi connectivity index (χ0n) is 38.7. The van der Waals surface area contributed by atoms with Crippen LogP contribution < -0.4 is 0 Å². The molecule has 5 aliphatic rings. The first-order valence-electron chi connectivity index (χ1n) is 22.5. The maximum absolute atomic E-state index is 13.9. The van der Waals surface area contributed by atoms with E-state index in [2.05, 4.69) is 18.9 Å². The zero-order chi connectivity index (χ0) is 57.0. The van der Waals surface area contributed by atoms with Gasteiger partial charge in [-0.1, -0.05) is 20.8 Å². The molecule has 75 heavy (non-hydrogen) atoms. The number of hydrogen-bond acceptors (Lipinski definition) is 15. The average Bonchev–Trinajstić information content (AvgIpc) is 3.63. The van der Waals surface area contributed by atoms with E-state index in [0.717, 1.165) is 0 Å². The van der Waals surface area contributed by atoms with E-state index in [0.29, 0.717) is 12.8 Å². The molecule has 5 fully saturated rings. The van der Waals surface area contributed by atoms with Crippen molar-refractivity contribution in [2.75, 3.05) is 6.61 Å². The summed E-state index contributed by atoms with van der Waals surface area (Å²) in [5.41, 5.74) is -2.14. The summed E-state index contributed by atoms with van der Waals surface area (Å²) in [4.78, 5) is 85.2. The van der Waals surface area contributed by atoms with Crippen LogP contribution in [0.4, 0.5) is 79.0 Å². The van der Waals surface area contributed by atoms with Crippen molar-refractivity contribution in [3.05, 3.63) is 0 Å². The molecule has 0 aromatic rings. The summed E-state index contributed by atoms with van der Waals surface area (Å²) in [6.45, 7) is 2.58. The summed E-state index contributed by atoms with van der Waals surface area (Å²) >= 11 is 0. The van der Waals surface area contributed by atoms with Crippen LogP contribution in [-0.2, 0) is 71.5 Å². The number of esters is 7. The molecule has 0 spiro atoms. The smallest absolute Gasteiger partial charge is 0.456 e. The molecule has 428 valence electrons. The molecule has 15 nitrogen and oxygen atoms in total. The van der Waals surface area contributed by atoms with Crippen LogP contribution in [0, 0.1) is 46.3 Å². The topological polar surface area (TPSA) is 193 Å². The van der Waals surface area contributed by atoms with Crippen molar-refractivity contribution in [1.82, 2.24) is 0 Å². The van der Waals surface area contributed by atoms with Gasteiger partial charge >= 0.3 is 78.8 Å². The van der Waals surface area contributed by atoms with Crippen LogP contribution in [0.15, 0.2) is 0 Å². The Bertz CT molecular complexity index is 2160. The van der Waals surface area contributed by atoms with Crippen LogP contribution in [0.25, 0.3) is 0 Å². The van der Waals surface area contributed by atoms with Gasteiger partial charge < -0.3 is 37.9 Å². The summed E-state index contributed by atoms with van der Waals surface area (Å²) in [5.74, 6) is -23.9. The van der Waals surface area contributed by atoms with Gasteiger partial charge in [0.15, 0.2) is 12.2 Å². The van der Waals surface area contributed by atoms with Crippen molar-refractivity contribution >= 4 is 41.8 Å². The van der Waals surface area contributed by atoms with Gasteiger partial charge in [-0.05, 0) is 98.7 Å². The summed E-state index contributed by atoms with van der Waals surface area (Å²) in [7, 11) is 0. The fourth-order valence-electron chi connectivity index (χ4n) is 11.9. The molecule has 33 heteroatoms. The fourth-order valence-corrected chi connectivity index (χ4v) is 11.9. The second-order valence-electron chi connectivity index (χ2n) is 19.4. The first-order chi connectivity index (χ1) is 34.0. The number of carbonyl (C=O) groups is 7. The molecular weight excluding hydrogens is 1090 g/mol. The number of alkyl halides is 18. The van der Waals surface area contributed by atoms with Gasteiger partial charge in [0.2, 0.25) is 12.4 Å². The third kappa shape index (κ3) is 13.6. The average molecular weight is 1130 g/mol. The highest BCUT2D eigenvalue weighted by Crippen LogP contribution is 2.69. The lowest BCUT2D eigenvalue weighted by atomic mass is 9.43. The molecule has 0 radical (unpaired) electrons. The molecule has 0 aromatic heterocycles. The number of carbonyl (C=O) groups excluding carboxylic acids is 7. The quantitative estimate of drug-likeness (QED) is 0.103. The predicted molar refractivity (Wildman–Crippen MR) is 200 cm³/mol.